The third-order valence-electron chi connectivity index (χ3n) is 9.80. The highest BCUT2D eigenvalue weighted by atomic mass is 15.0. The zero-order chi connectivity index (χ0) is 36.1. The number of hydrogen-bond donors (Lipinski definition) is 0. The molecule has 0 aliphatic rings. The molecule has 3 nitrogen and oxygen atoms in total. The van der Waals surface area contributed by atoms with Crippen LogP contribution in [0.5, 0.6) is 0 Å². The lowest BCUT2D eigenvalue weighted by Gasteiger charge is -2.13. The predicted octanol–water partition coefficient (Wildman–Crippen LogP) is 13.2. The van der Waals surface area contributed by atoms with Crippen molar-refractivity contribution in [2.75, 3.05) is 0 Å². The summed E-state index contributed by atoms with van der Waals surface area (Å²) in [6, 6.07) is 74.1. The second-order valence-electron chi connectivity index (χ2n) is 13.2. The van der Waals surface area contributed by atoms with Gasteiger partial charge in [0, 0.05) is 16.7 Å². The maximum Gasteiger partial charge on any atom is 0.164 e. The summed E-state index contributed by atoms with van der Waals surface area (Å²) in [5.74, 6) is 1.89. The third-order valence-corrected chi connectivity index (χ3v) is 9.80. The van der Waals surface area contributed by atoms with Gasteiger partial charge < -0.3 is 0 Å². The fraction of sp³-hybridized carbons (Fsp3) is 0. The lowest BCUT2D eigenvalue weighted by molar-refractivity contribution is 1.07. The molecule has 9 rings (SSSR count). The highest BCUT2D eigenvalue weighted by Gasteiger charge is 2.16. The standard InChI is InChI=1S/C51H35N3/c1-4-15-36(16-5-1)37-27-31-41(32-28-37)49-52-50(54-51(53-49)48-26-13-12-24-46(48)40-19-8-3-9-20-40)42-33-29-38(30-34-42)43-21-14-22-44(35-43)47-25-11-10-23-45(47)39-17-6-2-7-18-39/h1-35H. The van der Waals surface area contributed by atoms with Crippen LogP contribution in [0.25, 0.3) is 89.8 Å². The summed E-state index contributed by atoms with van der Waals surface area (Å²) in [7, 11) is 0. The Morgan fingerprint density at radius 2 is 0.500 bits per heavy atom. The second kappa shape index (κ2) is 14.8. The average Bonchev–Trinajstić information content (AvgIpc) is 3.27. The molecule has 54 heavy (non-hydrogen) atoms. The van der Waals surface area contributed by atoms with E-state index in [2.05, 4.69) is 194 Å². The first-order valence-electron chi connectivity index (χ1n) is 18.2. The van der Waals surface area contributed by atoms with Gasteiger partial charge in [0.2, 0.25) is 0 Å². The van der Waals surface area contributed by atoms with E-state index in [1.54, 1.807) is 0 Å². The first-order valence-corrected chi connectivity index (χ1v) is 18.2. The molecule has 0 aliphatic heterocycles. The van der Waals surface area contributed by atoms with E-state index in [0.717, 1.165) is 44.5 Å². The SMILES string of the molecule is c1ccc(-c2ccc(-c3nc(-c4ccc(-c5cccc(-c6ccccc6-c6ccccc6)c5)cc4)nc(-c4ccccc4-c4ccccc4)n3)cc2)cc1. The van der Waals surface area contributed by atoms with Gasteiger partial charge in [-0.2, -0.15) is 0 Å². The minimum Gasteiger partial charge on any atom is -0.208 e. The highest BCUT2D eigenvalue weighted by Crippen LogP contribution is 2.36. The van der Waals surface area contributed by atoms with Gasteiger partial charge in [-0.15, -0.1) is 0 Å². The fourth-order valence-electron chi connectivity index (χ4n) is 7.03. The van der Waals surface area contributed by atoms with Crippen molar-refractivity contribution in [3.8, 4) is 89.8 Å². The Morgan fingerprint density at radius 1 is 0.185 bits per heavy atom. The van der Waals surface area contributed by atoms with Gasteiger partial charge in [-0.25, -0.2) is 15.0 Å². The molecule has 0 fully saturated rings. The van der Waals surface area contributed by atoms with Gasteiger partial charge in [0.25, 0.3) is 0 Å². The molecule has 0 saturated heterocycles. The Kier molecular flexibility index (Phi) is 8.94. The first-order chi connectivity index (χ1) is 26.8. The van der Waals surface area contributed by atoms with Crippen molar-refractivity contribution in [3.63, 3.8) is 0 Å². The highest BCUT2D eigenvalue weighted by molar-refractivity contribution is 5.86. The van der Waals surface area contributed by atoms with Crippen molar-refractivity contribution >= 4 is 0 Å². The van der Waals surface area contributed by atoms with Crippen LogP contribution in [0.1, 0.15) is 0 Å². The summed E-state index contributed by atoms with van der Waals surface area (Å²) in [5, 5.41) is 0. The van der Waals surface area contributed by atoms with Crippen molar-refractivity contribution in [2.24, 2.45) is 0 Å². The van der Waals surface area contributed by atoms with Gasteiger partial charge in [0.15, 0.2) is 17.5 Å². The quantitative estimate of drug-likeness (QED) is 0.159. The molecule has 0 atom stereocenters. The largest absolute Gasteiger partial charge is 0.208 e. The van der Waals surface area contributed by atoms with E-state index in [1.807, 2.05) is 18.2 Å². The van der Waals surface area contributed by atoms with Crippen LogP contribution in [-0.2, 0) is 0 Å². The predicted molar refractivity (Wildman–Crippen MR) is 223 cm³/mol. The molecule has 0 unspecified atom stereocenters. The van der Waals surface area contributed by atoms with Gasteiger partial charge in [0.1, 0.15) is 0 Å². The normalized spacial score (nSPS) is 11.0. The number of nitrogens with zero attached hydrogens (tertiary/aromatic N) is 3. The first kappa shape index (κ1) is 32.7. The maximum atomic E-state index is 5.12. The fourth-order valence-corrected chi connectivity index (χ4v) is 7.03. The molecule has 0 bridgehead atoms. The van der Waals surface area contributed by atoms with Crippen molar-refractivity contribution in [3.05, 3.63) is 212 Å². The summed E-state index contributed by atoms with van der Waals surface area (Å²) in [5.41, 5.74) is 14.4. The number of hydrogen-bond acceptors (Lipinski definition) is 3. The van der Waals surface area contributed by atoms with E-state index in [4.69, 9.17) is 15.0 Å². The molecular weight excluding hydrogens is 655 g/mol. The van der Waals surface area contributed by atoms with Crippen molar-refractivity contribution in [1.82, 2.24) is 15.0 Å². The molecule has 0 radical (unpaired) electrons. The summed E-state index contributed by atoms with van der Waals surface area (Å²) in [4.78, 5) is 15.3. The Bertz CT molecular complexity index is 2670. The minimum atomic E-state index is 0.627. The molecule has 8 aromatic carbocycles. The van der Waals surface area contributed by atoms with Gasteiger partial charge >= 0.3 is 0 Å². The average molecular weight is 690 g/mol. The van der Waals surface area contributed by atoms with Crippen LogP contribution in [0, 0.1) is 0 Å². The van der Waals surface area contributed by atoms with E-state index in [-0.39, 0.29) is 0 Å². The third kappa shape index (κ3) is 6.74. The lowest BCUT2D eigenvalue weighted by atomic mass is 9.92. The van der Waals surface area contributed by atoms with E-state index in [1.165, 1.54) is 27.8 Å². The van der Waals surface area contributed by atoms with Crippen LogP contribution < -0.4 is 0 Å². The van der Waals surface area contributed by atoms with Crippen LogP contribution in [0.4, 0.5) is 0 Å². The van der Waals surface area contributed by atoms with Crippen LogP contribution in [0.3, 0.4) is 0 Å². The number of aromatic nitrogens is 3. The molecule has 1 heterocycles. The van der Waals surface area contributed by atoms with E-state index < -0.39 is 0 Å². The zero-order valence-corrected chi connectivity index (χ0v) is 29.5. The number of benzene rings is 8. The molecule has 1 aromatic heterocycles. The number of rotatable bonds is 8. The molecule has 254 valence electrons. The molecule has 0 saturated carbocycles. The molecular formula is C51H35N3. The van der Waals surface area contributed by atoms with E-state index in [9.17, 15) is 0 Å². The molecule has 0 amide bonds. The minimum absolute atomic E-state index is 0.627. The van der Waals surface area contributed by atoms with Gasteiger partial charge in [-0.1, -0.05) is 206 Å². The summed E-state index contributed by atoms with van der Waals surface area (Å²) >= 11 is 0. The summed E-state index contributed by atoms with van der Waals surface area (Å²) in [6.07, 6.45) is 0. The monoisotopic (exact) mass is 689 g/mol. The zero-order valence-electron chi connectivity index (χ0n) is 29.5. The van der Waals surface area contributed by atoms with Crippen LogP contribution >= 0.6 is 0 Å². The molecule has 0 aliphatic carbocycles. The Morgan fingerprint density at radius 3 is 1.02 bits per heavy atom. The van der Waals surface area contributed by atoms with Crippen LogP contribution in [0.15, 0.2) is 212 Å². The van der Waals surface area contributed by atoms with Crippen molar-refractivity contribution in [1.29, 1.82) is 0 Å². The topological polar surface area (TPSA) is 38.7 Å². The van der Waals surface area contributed by atoms with E-state index in [0.29, 0.717) is 17.5 Å². The van der Waals surface area contributed by atoms with Crippen molar-refractivity contribution in [2.45, 2.75) is 0 Å². The lowest BCUT2D eigenvalue weighted by Crippen LogP contribution is -2.01. The molecule has 9 aromatic rings. The van der Waals surface area contributed by atoms with E-state index >= 15 is 0 Å². The smallest absolute Gasteiger partial charge is 0.164 e. The van der Waals surface area contributed by atoms with Gasteiger partial charge in [-0.05, 0) is 61.7 Å². The second-order valence-corrected chi connectivity index (χ2v) is 13.2. The van der Waals surface area contributed by atoms with Crippen LogP contribution in [-0.4, -0.2) is 15.0 Å². The van der Waals surface area contributed by atoms with Gasteiger partial charge in [0.05, 0.1) is 0 Å². The Labute approximate surface area is 316 Å². The molecule has 0 N–H and O–H groups in total. The summed E-state index contributed by atoms with van der Waals surface area (Å²) < 4.78 is 0. The van der Waals surface area contributed by atoms with Gasteiger partial charge in [-0.3, -0.25) is 0 Å². The Hall–Kier alpha value is -7.23. The Balaban J connectivity index is 1.10. The maximum absolute atomic E-state index is 5.12. The molecule has 0 spiro atoms. The molecule has 3 heteroatoms. The summed E-state index contributed by atoms with van der Waals surface area (Å²) in [6.45, 7) is 0. The van der Waals surface area contributed by atoms with Crippen molar-refractivity contribution < 1.29 is 0 Å². The van der Waals surface area contributed by atoms with Crippen LogP contribution in [0.2, 0.25) is 0 Å².